The number of allylic oxidation sites excluding steroid dienone is 5. The van der Waals surface area contributed by atoms with Gasteiger partial charge in [-0.1, -0.05) is 30.4 Å². The van der Waals surface area contributed by atoms with Crippen molar-refractivity contribution in [2.45, 2.75) is 38.8 Å². The van der Waals surface area contributed by atoms with Crippen LogP contribution < -0.4 is 0 Å². The maximum absolute atomic E-state index is 8.26. The first-order chi connectivity index (χ1) is 10.5. The summed E-state index contributed by atoms with van der Waals surface area (Å²) in [5, 5.41) is 8.26. The minimum atomic E-state index is -0.501. The van der Waals surface area contributed by atoms with Gasteiger partial charge in [-0.15, -0.1) is 0 Å². The Morgan fingerprint density at radius 3 is 1.83 bits per heavy atom. The van der Waals surface area contributed by atoms with Gasteiger partial charge in [0.15, 0.2) is 5.79 Å². The summed E-state index contributed by atoms with van der Waals surface area (Å²) in [6.07, 6.45) is 10.7. The minimum absolute atomic E-state index is 0. The van der Waals surface area contributed by atoms with Crippen LogP contribution in [0.1, 0.15) is 20.8 Å². The van der Waals surface area contributed by atoms with Gasteiger partial charge in [-0.25, -0.2) is 0 Å². The van der Waals surface area contributed by atoms with Crippen molar-refractivity contribution in [3.05, 3.63) is 56.4 Å². The predicted molar refractivity (Wildman–Crippen MR) is 74.3 cm³/mol. The standard InChI is InChI=1S/C13H17NO2.3CO.Fe/c1-11-12(16-13(2,3)15-11)9-7-5-4-6-8-10-14;3*1-2;/h4-9,11-12H,1-3H3;;;;/b5-4+,8-6+,9-7+;;;;/t11-,12-;;;;/m0..../s1. The monoisotopic (exact) mass is 359 g/mol. The molecule has 7 heteroatoms. The Hall–Kier alpha value is -1.63. The summed E-state index contributed by atoms with van der Waals surface area (Å²) >= 11 is 0. The summed E-state index contributed by atoms with van der Waals surface area (Å²) in [5.74, 6) is -0.501. The Bertz CT molecular complexity index is 455. The van der Waals surface area contributed by atoms with E-state index in [4.69, 9.17) is 28.7 Å². The van der Waals surface area contributed by atoms with Gasteiger partial charge in [0.25, 0.3) is 0 Å². The van der Waals surface area contributed by atoms with Crippen molar-refractivity contribution in [3.8, 4) is 6.07 Å². The second kappa shape index (κ2) is 20.4. The topological polar surface area (TPSA) is 102 Å². The number of hydrogen-bond acceptors (Lipinski definition) is 3. The Morgan fingerprint density at radius 2 is 1.43 bits per heavy atom. The first kappa shape index (κ1) is 29.4. The van der Waals surface area contributed by atoms with E-state index < -0.39 is 5.79 Å². The van der Waals surface area contributed by atoms with Crippen LogP contribution in [0.4, 0.5) is 0 Å². The van der Waals surface area contributed by atoms with E-state index in [2.05, 4.69) is 20.0 Å². The quantitative estimate of drug-likeness (QED) is 0.254. The van der Waals surface area contributed by atoms with Crippen LogP contribution in [-0.2, 0) is 40.5 Å². The summed E-state index contributed by atoms with van der Waals surface area (Å²) < 4.78 is 33.8. The van der Waals surface area contributed by atoms with Crippen LogP contribution in [0.25, 0.3) is 0 Å². The number of ether oxygens (including phenoxy) is 2. The van der Waals surface area contributed by atoms with Crippen molar-refractivity contribution in [2.75, 3.05) is 0 Å². The van der Waals surface area contributed by atoms with Crippen LogP contribution in [0.5, 0.6) is 0 Å². The van der Waals surface area contributed by atoms with Crippen LogP contribution in [-0.4, -0.2) is 18.0 Å². The molecule has 1 saturated heterocycles. The van der Waals surface area contributed by atoms with Crippen LogP contribution in [0.3, 0.4) is 0 Å². The Morgan fingerprint density at radius 1 is 0.957 bits per heavy atom. The number of rotatable bonds is 3. The molecule has 23 heavy (non-hydrogen) atoms. The van der Waals surface area contributed by atoms with Gasteiger partial charge in [-0.3, -0.25) is 0 Å². The molecule has 0 saturated carbocycles. The average Bonchev–Trinajstić information content (AvgIpc) is 2.81. The molecular formula is C16H17FeNO5. The van der Waals surface area contributed by atoms with Crippen molar-refractivity contribution in [3.63, 3.8) is 0 Å². The van der Waals surface area contributed by atoms with Gasteiger partial charge in [0.05, 0.1) is 12.2 Å². The molecule has 124 valence electrons. The summed E-state index contributed by atoms with van der Waals surface area (Å²) in [6.45, 7) is 19.3. The molecule has 1 aliphatic rings. The Balaban J connectivity index is -0.000000231. The molecule has 0 radical (unpaired) electrons. The maximum Gasteiger partial charge on any atom is 0 e. The van der Waals surface area contributed by atoms with Gasteiger partial charge < -0.3 is 9.47 Å². The molecule has 0 aliphatic carbocycles. The van der Waals surface area contributed by atoms with Crippen molar-refractivity contribution in [1.82, 2.24) is 0 Å². The van der Waals surface area contributed by atoms with Gasteiger partial charge in [0.2, 0.25) is 0 Å². The molecule has 0 bridgehead atoms. The van der Waals surface area contributed by atoms with Crippen LogP contribution >= 0.6 is 0 Å². The van der Waals surface area contributed by atoms with Crippen molar-refractivity contribution >= 4 is 0 Å². The fraction of sp³-hybridized carbons (Fsp3) is 0.375. The van der Waals surface area contributed by atoms with Crippen molar-refractivity contribution < 1.29 is 40.5 Å². The molecule has 1 heterocycles. The normalized spacial score (nSPS) is 20.7. The van der Waals surface area contributed by atoms with E-state index in [1.807, 2.05) is 45.1 Å². The maximum atomic E-state index is 8.26. The fourth-order valence-corrected chi connectivity index (χ4v) is 1.56. The third-order valence-electron chi connectivity index (χ3n) is 2.16. The molecule has 1 fully saturated rings. The summed E-state index contributed by atoms with van der Waals surface area (Å²) in [4.78, 5) is 0. The molecular weight excluding hydrogens is 342 g/mol. The van der Waals surface area contributed by atoms with E-state index in [0.717, 1.165) is 0 Å². The van der Waals surface area contributed by atoms with Crippen molar-refractivity contribution in [2.24, 2.45) is 0 Å². The molecule has 2 atom stereocenters. The van der Waals surface area contributed by atoms with E-state index in [9.17, 15) is 0 Å². The molecule has 0 aromatic rings. The number of nitrogens with zero attached hydrogens (tertiary/aromatic N) is 1. The van der Waals surface area contributed by atoms with Gasteiger partial charge in [0.1, 0.15) is 6.10 Å². The zero-order chi connectivity index (χ0) is 18.0. The zero-order valence-electron chi connectivity index (χ0n) is 13.0. The van der Waals surface area contributed by atoms with Gasteiger partial charge in [-0.2, -0.15) is 5.26 Å². The molecule has 6 nitrogen and oxygen atoms in total. The first-order valence-corrected chi connectivity index (χ1v) is 5.91. The summed E-state index contributed by atoms with van der Waals surface area (Å²) in [5.41, 5.74) is 0. The molecule has 1 rings (SSSR count). The molecule has 0 amide bonds. The largest absolute Gasteiger partial charge is 0 e. The third kappa shape index (κ3) is 16.6. The Labute approximate surface area is 147 Å². The summed E-state index contributed by atoms with van der Waals surface area (Å²) in [6, 6.07) is 1.92. The number of nitriles is 1. The average molecular weight is 359 g/mol. The Kier molecular flexibility index (Phi) is 26.0. The second-order valence-electron chi connectivity index (χ2n) is 4.06. The summed E-state index contributed by atoms with van der Waals surface area (Å²) in [7, 11) is 0. The number of hydrogen-bond donors (Lipinski definition) is 0. The second-order valence-corrected chi connectivity index (χ2v) is 4.06. The molecule has 0 aromatic heterocycles. The molecule has 1 aliphatic heterocycles. The molecule has 0 aromatic carbocycles. The van der Waals surface area contributed by atoms with Crippen molar-refractivity contribution in [1.29, 1.82) is 5.26 Å². The first-order valence-electron chi connectivity index (χ1n) is 5.91. The van der Waals surface area contributed by atoms with Crippen LogP contribution in [0.15, 0.2) is 36.5 Å². The van der Waals surface area contributed by atoms with Crippen LogP contribution in [0.2, 0.25) is 0 Å². The SMILES string of the molecule is C[C@@H]1OC(C)(C)O[C@H]1/C=C/C=C/C=C/C#N.[C-]#[O+].[C-]#[O+].[C-]#[O+].[Fe]. The predicted octanol–water partition coefficient (Wildman–Crippen LogP) is 2.60. The van der Waals surface area contributed by atoms with E-state index in [1.165, 1.54) is 6.08 Å². The fourth-order valence-electron chi connectivity index (χ4n) is 1.56. The molecule has 0 unspecified atom stereocenters. The van der Waals surface area contributed by atoms with E-state index in [0.29, 0.717) is 0 Å². The van der Waals surface area contributed by atoms with E-state index in [-0.39, 0.29) is 29.3 Å². The van der Waals surface area contributed by atoms with Crippen LogP contribution in [0, 0.1) is 31.3 Å². The smallest absolute Gasteiger partial charge is 0 e. The van der Waals surface area contributed by atoms with Gasteiger partial charge in [0, 0.05) is 23.1 Å². The molecule has 0 spiro atoms. The van der Waals surface area contributed by atoms with Gasteiger partial charge >= 0.3 is 33.9 Å². The molecule has 0 N–H and O–H groups in total. The third-order valence-corrected chi connectivity index (χ3v) is 2.16. The van der Waals surface area contributed by atoms with Gasteiger partial charge in [-0.05, 0) is 20.8 Å². The zero-order valence-corrected chi connectivity index (χ0v) is 14.1. The minimum Gasteiger partial charge on any atom is 0 e. The van der Waals surface area contributed by atoms with E-state index in [1.54, 1.807) is 12.2 Å². The van der Waals surface area contributed by atoms with E-state index >= 15 is 0 Å².